The Labute approximate surface area is 298 Å². The number of hydrogen-bond acceptors (Lipinski definition) is 6. The summed E-state index contributed by atoms with van der Waals surface area (Å²) in [4.78, 5) is 46.7. The van der Waals surface area contributed by atoms with Crippen molar-refractivity contribution in [2.24, 2.45) is 0 Å². The summed E-state index contributed by atoms with van der Waals surface area (Å²) in [7, 11) is 0. The van der Waals surface area contributed by atoms with E-state index in [1.165, 1.54) is 10.5 Å². The minimum atomic E-state index is -0.524. The van der Waals surface area contributed by atoms with Gasteiger partial charge >= 0.3 is 25.0 Å². The van der Waals surface area contributed by atoms with Crippen LogP contribution in [0.4, 0.5) is 9.59 Å². The predicted molar refractivity (Wildman–Crippen MR) is 181 cm³/mol. The Morgan fingerprint density at radius 3 is 1.56 bits per heavy atom. The molecule has 0 aromatic heterocycles. The van der Waals surface area contributed by atoms with Crippen LogP contribution in [-0.2, 0) is 44.7 Å². The van der Waals surface area contributed by atoms with Crippen molar-refractivity contribution in [1.82, 2.24) is 4.90 Å². The second kappa shape index (κ2) is 20.8. The molecule has 48 heavy (non-hydrogen) atoms. The van der Waals surface area contributed by atoms with Crippen molar-refractivity contribution < 1.29 is 47.5 Å². The van der Waals surface area contributed by atoms with E-state index in [9.17, 15) is 19.2 Å². The molecule has 2 fully saturated rings. The summed E-state index contributed by atoms with van der Waals surface area (Å²) in [5.41, 5.74) is 4.53. The van der Waals surface area contributed by atoms with E-state index in [1.54, 1.807) is 0 Å². The van der Waals surface area contributed by atoms with Crippen molar-refractivity contribution in [2.75, 3.05) is 13.2 Å². The zero-order valence-electron chi connectivity index (χ0n) is 27.1. The van der Waals surface area contributed by atoms with Crippen LogP contribution in [0.15, 0.2) is 121 Å². The summed E-state index contributed by atoms with van der Waals surface area (Å²) in [6, 6.07) is 39.2. The van der Waals surface area contributed by atoms with Crippen molar-refractivity contribution in [1.29, 1.82) is 0 Å². The van der Waals surface area contributed by atoms with E-state index < -0.39 is 12.2 Å². The smallest absolute Gasteiger partial charge is 0.612 e. The molecule has 244 valence electrons. The third-order valence-corrected chi connectivity index (χ3v) is 7.66. The van der Waals surface area contributed by atoms with Crippen LogP contribution in [0.5, 0.6) is 0 Å². The molecule has 0 bridgehead atoms. The van der Waals surface area contributed by atoms with Crippen LogP contribution in [0.3, 0.4) is 0 Å². The van der Waals surface area contributed by atoms with Gasteiger partial charge in [-0.25, -0.2) is 9.69 Å². The Bertz CT molecular complexity index is 1560. The van der Waals surface area contributed by atoms with Crippen LogP contribution >= 0.6 is 11.6 Å². The van der Waals surface area contributed by atoms with Crippen molar-refractivity contribution in [2.45, 2.75) is 50.6 Å². The minimum Gasteiger partial charge on any atom is -0.612 e. The maximum absolute atomic E-state index is 12.5. The standard InChI is InChI=1S/C19H19NO3.C10H11NO2.C9H9ClO.Li/c21-18(12-11-15-7-3-1-4-8-15)20-17(14-23-19(20)22)13-16-9-5-2-6-10-16;12-10-11-9(7-13-10)6-8-4-2-1-3-5-8;10-9(11)7-6-8-4-2-1-3-5-8;/h1-10,17H,11-14H2;1-5,9H,6-7H2,(H,11,12);1-5H,6-7H2;/q;;;+1/p-1/t17-;9-;;/m11../s1. The van der Waals surface area contributed by atoms with E-state index in [-0.39, 0.29) is 48.7 Å². The summed E-state index contributed by atoms with van der Waals surface area (Å²) in [5, 5.41) is 3.55. The molecule has 0 unspecified atom stereocenters. The fourth-order valence-corrected chi connectivity index (χ4v) is 5.18. The molecule has 2 aliphatic rings. The number of carbonyl (C=O) groups is 4. The molecule has 10 heteroatoms. The SMILES string of the molecule is O=C(CCc1ccccc1)N1C(=O)OC[C@H]1Cc1ccccc1.O=C(Cl)CCc1ccccc1.O=C1[N-][C@H](Cc2ccccc2)CO1.[Li+]. The molecule has 0 radical (unpaired) electrons. The Morgan fingerprint density at radius 1 is 0.646 bits per heavy atom. The normalized spacial score (nSPS) is 16.1. The average Bonchev–Trinajstić information content (AvgIpc) is 3.68. The molecule has 0 saturated carbocycles. The maximum atomic E-state index is 12.5. The van der Waals surface area contributed by atoms with Gasteiger partial charge in [-0.15, -0.1) is 0 Å². The van der Waals surface area contributed by atoms with Gasteiger partial charge in [0.05, 0.1) is 12.6 Å². The maximum Gasteiger partial charge on any atom is 1.00 e. The van der Waals surface area contributed by atoms with Crippen molar-refractivity contribution in [3.05, 3.63) is 149 Å². The van der Waals surface area contributed by atoms with Gasteiger partial charge in [0, 0.05) is 12.8 Å². The first-order valence-electron chi connectivity index (χ1n) is 15.6. The number of imide groups is 1. The summed E-state index contributed by atoms with van der Waals surface area (Å²) >= 11 is 5.19. The Balaban J connectivity index is 0.000000212. The minimum absolute atomic E-state index is 0. The van der Waals surface area contributed by atoms with Crippen LogP contribution in [0.2, 0.25) is 0 Å². The molecule has 0 spiro atoms. The molecule has 3 amide bonds. The molecule has 8 nitrogen and oxygen atoms in total. The third kappa shape index (κ3) is 13.4. The zero-order chi connectivity index (χ0) is 33.3. The number of halogens is 1. The van der Waals surface area contributed by atoms with Gasteiger partial charge in [-0.1, -0.05) is 127 Å². The second-order valence-corrected chi connectivity index (χ2v) is 11.5. The number of ether oxygens (including phenoxy) is 2. The van der Waals surface area contributed by atoms with E-state index in [1.807, 2.05) is 121 Å². The first-order valence-corrected chi connectivity index (χ1v) is 16.0. The number of amides is 3. The molecule has 4 aromatic rings. The van der Waals surface area contributed by atoms with Crippen LogP contribution < -0.4 is 18.9 Å². The van der Waals surface area contributed by atoms with Gasteiger partial charge in [-0.3, -0.25) is 14.4 Å². The molecule has 0 aliphatic carbocycles. The Morgan fingerprint density at radius 2 is 1.10 bits per heavy atom. The first kappa shape index (κ1) is 38.1. The van der Waals surface area contributed by atoms with Crippen molar-refractivity contribution in [3.8, 4) is 0 Å². The van der Waals surface area contributed by atoms with Gasteiger partial charge in [0.1, 0.15) is 6.61 Å². The van der Waals surface area contributed by atoms with Crippen molar-refractivity contribution >= 4 is 34.9 Å². The Kier molecular flexibility index (Phi) is 16.5. The fraction of sp³-hybridized carbons (Fsp3) is 0.263. The van der Waals surface area contributed by atoms with E-state index in [4.69, 9.17) is 21.1 Å². The molecular weight excluding hydrogens is 623 g/mol. The largest absolute Gasteiger partial charge is 1.00 e. The Hall–Kier alpha value is -4.35. The molecule has 2 aliphatic heterocycles. The van der Waals surface area contributed by atoms with E-state index >= 15 is 0 Å². The monoisotopic (exact) mass is 660 g/mol. The quantitative estimate of drug-likeness (QED) is 0.180. The van der Waals surface area contributed by atoms with Crippen LogP contribution in [-0.4, -0.2) is 53.5 Å². The van der Waals surface area contributed by atoms with E-state index in [2.05, 4.69) is 5.32 Å². The zero-order valence-corrected chi connectivity index (χ0v) is 27.8. The number of rotatable bonds is 10. The van der Waals surface area contributed by atoms with E-state index in [0.717, 1.165) is 29.5 Å². The molecule has 0 N–H and O–H groups in total. The van der Waals surface area contributed by atoms with Gasteiger partial charge in [-0.2, -0.15) is 0 Å². The number of cyclic esters (lactones) is 2. The van der Waals surface area contributed by atoms with Crippen LogP contribution in [0.1, 0.15) is 35.1 Å². The van der Waals surface area contributed by atoms with E-state index in [0.29, 0.717) is 32.3 Å². The number of benzene rings is 4. The second-order valence-electron chi connectivity index (χ2n) is 11.1. The molecule has 4 aromatic carbocycles. The third-order valence-electron chi connectivity index (χ3n) is 7.47. The number of hydrogen-bond donors (Lipinski definition) is 0. The summed E-state index contributed by atoms with van der Waals surface area (Å²) < 4.78 is 9.82. The summed E-state index contributed by atoms with van der Waals surface area (Å²) in [6.07, 6.45) is 2.56. The van der Waals surface area contributed by atoms with Crippen LogP contribution in [0.25, 0.3) is 5.32 Å². The molecule has 6 rings (SSSR count). The van der Waals surface area contributed by atoms with Crippen LogP contribution in [0, 0.1) is 0 Å². The molecule has 2 atom stereocenters. The molecular formula is C38H38ClLiN2O6. The van der Waals surface area contributed by atoms with Gasteiger partial charge in [0.2, 0.25) is 17.2 Å². The molecule has 2 saturated heterocycles. The van der Waals surface area contributed by atoms with Gasteiger partial charge in [0.15, 0.2) is 0 Å². The average molecular weight is 661 g/mol. The summed E-state index contributed by atoms with van der Waals surface area (Å²) in [5.74, 6) is -0.169. The number of aryl methyl sites for hydroxylation is 2. The van der Waals surface area contributed by atoms with Gasteiger partial charge in [0.25, 0.3) is 0 Å². The van der Waals surface area contributed by atoms with Crippen molar-refractivity contribution in [3.63, 3.8) is 0 Å². The topological polar surface area (TPSA) is 104 Å². The molecule has 2 heterocycles. The number of nitrogens with zero attached hydrogens (tertiary/aromatic N) is 2. The first-order chi connectivity index (χ1) is 22.9. The number of carbonyl (C=O) groups excluding carboxylic acids is 4. The van der Waals surface area contributed by atoms with Gasteiger partial charge in [-0.05, 0) is 59.5 Å². The van der Waals surface area contributed by atoms with Gasteiger partial charge < -0.3 is 14.8 Å². The predicted octanol–water partition coefficient (Wildman–Crippen LogP) is 4.72. The fourth-order valence-electron chi connectivity index (χ4n) is 5.09. The summed E-state index contributed by atoms with van der Waals surface area (Å²) in [6.45, 7) is 0.693.